The molecule has 1 unspecified atom stereocenters. The molecule has 2 aromatic rings. The van der Waals surface area contributed by atoms with E-state index in [0.717, 1.165) is 0 Å². The van der Waals surface area contributed by atoms with Crippen LogP contribution in [0.15, 0.2) is 35.2 Å². The lowest BCUT2D eigenvalue weighted by Crippen LogP contribution is -2.02. The molecular formula is C10H10N2O3. The Morgan fingerprint density at radius 3 is 3.00 bits per heavy atom. The van der Waals surface area contributed by atoms with Gasteiger partial charge in [0, 0.05) is 6.07 Å². The van der Waals surface area contributed by atoms with Crippen LogP contribution in [0.2, 0.25) is 0 Å². The first-order valence-electron chi connectivity index (χ1n) is 4.38. The molecule has 0 aliphatic heterocycles. The van der Waals surface area contributed by atoms with Crippen molar-refractivity contribution in [3.8, 4) is 5.88 Å². The summed E-state index contributed by atoms with van der Waals surface area (Å²) in [6.07, 6.45) is 1.94. The Morgan fingerprint density at radius 1 is 1.47 bits per heavy atom. The summed E-state index contributed by atoms with van der Waals surface area (Å²) in [5.74, 6) is 0.848. The fourth-order valence-corrected chi connectivity index (χ4v) is 1.21. The first-order chi connectivity index (χ1) is 7.31. The van der Waals surface area contributed by atoms with Crippen LogP contribution in [0.3, 0.4) is 0 Å². The van der Waals surface area contributed by atoms with E-state index in [0.29, 0.717) is 17.3 Å². The Bertz CT molecular complexity index is 428. The topological polar surface area (TPSA) is 68.4 Å². The van der Waals surface area contributed by atoms with E-state index in [2.05, 4.69) is 9.97 Å². The van der Waals surface area contributed by atoms with Crippen LogP contribution >= 0.6 is 0 Å². The van der Waals surface area contributed by atoms with Crippen molar-refractivity contribution in [2.45, 2.75) is 6.10 Å². The van der Waals surface area contributed by atoms with E-state index in [4.69, 9.17) is 9.15 Å². The maximum atomic E-state index is 9.86. The van der Waals surface area contributed by atoms with E-state index in [1.54, 1.807) is 18.2 Å². The molecule has 2 aromatic heterocycles. The molecule has 0 bridgehead atoms. The van der Waals surface area contributed by atoms with Crippen LogP contribution in [0.25, 0.3) is 0 Å². The smallest absolute Gasteiger partial charge is 0.216 e. The van der Waals surface area contributed by atoms with Gasteiger partial charge >= 0.3 is 0 Å². The van der Waals surface area contributed by atoms with Crippen LogP contribution in [0.5, 0.6) is 5.88 Å². The monoisotopic (exact) mass is 206 g/mol. The molecule has 0 fully saturated rings. The lowest BCUT2D eigenvalue weighted by atomic mass is 10.2. The summed E-state index contributed by atoms with van der Waals surface area (Å²) in [6.45, 7) is 0. The zero-order chi connectivity index (χ0) is 10.7. The molecule has 1 N–H and O–H groups in total. The molecule has 78 valence electrons. The van der Waals surface area contributed by atoms with Crippen LogP contribution in [-0.2, 0) is 0 Å². The van der Waals surface area contributed by atoms with E-state index < -0.39 is 6.10 Å². The maximum absolute atomic E-state index is 9.86. The number of hydrogen-bond acceptors (Lipinski definition) is 5. The number of methoxy groups -OCH3 is 1. The maximum Gasteiger partial charge on any atom is 0.216 e. The second-order valence-electron chi connectivity index (χ2n) is 2.90. The number of aromatic nitrogens is 2. The third-order valence-corrected chi connectivity index (χ3v) is 1.97. The van der Waals surface area contributed by atoms with Gasteiger partial charge in [0.1, 0.15) is 12.1 Å². The Balaban J connectivity index is 2.29. The standard InChI is InChI=1S/C10H10N2O3/c1-14-9-5-7(11-6-12-9)10(13)8-3-2-4-15-8/h2-6,10,13H,1H3. The Morgan fingerprint density at radius 2 is 2.33 bits per heavy atom. The van der Waals surface area contributed by atoms with Gasteiger partial charge in [-0.15, -0.1) is 0 Å². The summed E-state index contributed by atoms with van der Waals surface area (Å²) in [7, 11) is 1.51. The molecule has 0 spiro atoms. The number of rotatable bonds is 3. The van der Waals surface area contributed by atoms with Gasteiger partial charge in [-0.25, -0.2) is 9.97 Å². The molecule has 0 radical (unpaired) electrons. The van der Waals surface area contributed by atoms with Gasteiger partial charge < -0.3 is 14.3 Å². The van der Waals surface area contributed by atoms with Gasteiger partial charge in [-0.05, 0) is 12.1 Å². The summed E-state index contributed by atoms with van der Waals surface area (Å²) >= 11 is 0. The second-order valence-corrected chi connectivity index (χ2v) is 2.90. The molecule has 0 amide bonds. The molecule has 15 heavy (non-hydrogen) atoms. The SMILES string of the molecule is COc1cc(C(O)c2ccco2)ncn1. The Kier molecular flexibility index (Phi) is 2.64. The van der Waals surface area contributed by atoms with Gasteiger partial charge in [-0.3, -0.25) is 0 Å². The van der Waals surface area contributed by atoms with E-state index in [1.807, 2.05) is 0 Å². The predicted octanol–water partition coefficient (Wildman–Crippen LogP) is 1.16. The zero-order valence-electron chi connectivity index (χ0n) is 8.12. The summed E-state index contributed by atoms with van der Waals surface area (Å²) in [4.78, 5) is 7.79. The number of aliphatic hydroxyl groups excluding tert-OH is 1. The first-order valence-corrected chi connectivity index (χ1v) is 4.38. The van der Waals surface area contributed by atoms with Crippen molar-refractivity contribution < 1.29 is 14.3 Å². The number of hydrogen-bond donors (Lipinski definition) is 1. The zero-order valence-corrected chi connectivity index (χ0v) is 8.12. The van der Waals surface area contributed by atoms with Crippen LogP contribution in [-0.4, -0.2) is 22.2 Å². The minimum Gasteiger partial charge on any atom is -0.481 e. The van der Waals surface area contributed by atoms with E-state index in [9.17, 15) is 5.11 Å². The third-order valence-electron chi connectivity index (χ3n) is 1.97. The van der Waals surface area contributed by atoms with Gasteiger partial charge in [-0.2, -0.15) is 0 Å². The molecule has 0 aliphatic rings. The first kappa shape index (κ1) is 9.67. The van der Waals surface area contributed by atoms with Crippen LogP contribution in [0.4, 0.5) is 0 Å². The lowest BCUT2D eigenvalue weighted by molar-refractivity contribution is 0.184. The molecule has 0 saturated heterocycles. The van der Waals surface area contributed by atoms with Crippen molar-refractivity contribution in [3.63, 3.8) is 0 Å². The second kappa shape index (κ2) is 4.10. The molecular weight excluding hydrogens is 196 g/mol. The average Bonchev–Trinajstić information content (AvgIpc) is 2.81. The van der Waals surface area contributed by atoms with Crippen molar-refractivity contribution in [2.24, 2.45) is 0 Å². The number of ether oxygens (including phenoxy) is 1. The lowest BCUT2D eigenvalue weighted by Gasteiger charge is -2.07. The van der Waals surface area contributed by atoms with E-state index in [1.165, 1.54) is 19.7 Å². The summed E-state index contributed by atoms with van der Waals surface area (Å²) in [5, 5.41) is 9.86. The largest absolute Gasteiger partial charge is 0.481 e. The summed E-state index contributed by atoms with van der Waals surface area (Å²) in [6, 6.07) is 4.95. The van der Waals surface area contributed by atoms with Crippen molar-refractivity contribution in [2.75, 3.05) is 7.11 Å². The van der Waals surface area contributed by atoms with Crippen LogP contribution in [0, 0.1) is 0 Å². The molecule has 5 heteroatoms. The van der Waals surface area contributed by atoms with E-state index in [-0.39, 0.29) is 0 Å². The van der Waals surface area contributed by atoms with E-state index >= 15 is 0 Å². The quantitative estimate of drug-likeness (QED) is 0.816. The molecule has 0 aromatic carbocycles. The highest BCUT2D eigenvalue weighted by Crippen LogP contribution is 2.21. The van der Waals surface area contributed by atoms with Gasteiger partial charge in [-0.1, -0.05) is 0 Å². The number of furan rings is 1. The van der Waals surface area contributed by atoms with Gasteiger partial charge in [0.15, 0.2) is 6.10 Å². The highest BCUT2D eigenvalue weighted by molar-refractivity contribution is 5.21. The molecule has 5 nitrogen and oxygen atoms in total. The molecule has 0 aliphatic carbocycles. The summed E-state index contributed by atoms with van der Waals surface area (Å²) in [5.41, 5.74) is 0.441. The number of aliphatic hydroxyl groups is 1. The van der Waals surface area contributed by atoms with Gasteiger partial charge in [0.05, 0.1) is 19.1 Å². The van der Waals surface area contributed by atoms with Crippen molar-refractivity contribution in [3.05, 3.63) is 42.2 Å². The highest BCUT2D eigenvalue weighted by Gasteiger charge is 2.15. The highest BCUT2D eigenvalue weighted by atomic mass is 16.5. The minimum atomic E-state index is -0.892. The van der Waals surface area contributed by atoms with Gasteiger partial charge in [0.25, 0.3) is 0 Å². The Labute approximate surface area is 86.4 Å². The molecule has 2 rings (SSSR count). The van der Waals surface area contributed by atoms with Crippen molar-refractivity contribution >= 4 is 0 Å². The predicted molar refractivity (Wildman–Crippen MR) is 51.4 cm³/mol. The molecule has 0 saturated carbocycles. The third kappa shape index (κ3) is 1.97. The summed E-state index contributed by atoms with van der Waals surface area (Å²) < 4.78 is 10.0. The molecule has 1 atom stereocenters. The molecule has 2 heterocycles. The van der Waals surface area contributed by atoms with Crippen LogP contribution < -0.4 is 4.74 Å². The average molecular weight is 206 g/mol. The van der Waals surface area contributed by atoms with Gasteiger partial charge in [0.2, 0.25) is 5.88 Å². The minimum absolute atomic E-state index is 0.408. The van der Waals surface area contributed by atoms with Crippen molar-refractivity contribution in [1.29, 1.82) is 0 Å². The fourth-order valence-electron chi connectivity index (χ4n) is 1.21. The van der Waals surface area contributed by atoms with Crippen LogP contribution in [0.1, 0.15) is 17.6 Å². The number of nitrogens with zero attached hydrogens (tertiary/aromatic N) is 2. The Hall–Kier alpha value is -1.88. The van der Waals surface area contributed by atoms with Crippen molar-refractivity contribution in [1.82, 2.24) is 9.97 Å². The fraction of sp³-hybridized carbons (Fsp3) is 0.200. The normalized spacial score (nSPS) is 12.4.